The fourth-order valence-electron chi connectivity index (χ4n) is 6.99. The van der Waals surface area contributed by atoms with Crippen molar-refractivity contribution >= 4 is 41.4 Å². The zero-order valence-electron chi connectivity index (χ0n) is 33.8. The molecule has 0 aromatic heterocycles. The molecule has 6 amide bonds. The number of nitrogens with one attached hydrogen (secondary N) is 4. The highest BCUT2D eigenvalue weighted by atomic mass is 16.5. The van der Waals surface area contributed by atoms with Crippen molar-refractivity contribution in [2.45, 2.75) is 149 Å². The van der Waals surface area contributed by atoms with E-state index in [9.17, 15) is 38.7 Å². The van der Waals surface area contributed by atoms with Crippen LogP contribution in [0.15, 0.2) is 30.3 Å². The molecule has 5 N–H and O–H groups in total. The molecule has 1 aromatic rings. The van der Waals surface area contributed by atoms with Crippen LogP contribution in [0.4, 0.5) is 0 Å². The van der Waals surface area contributed by atoms with E-state index in [1.807, 2.05) is 33.8 Å². The number of likely N-dealkylation sites (N-methyl/N-ethyl adjacent to an activating group) is 1. The number of hydrogen-bond donors (Lipinski definition) is 5. The maximum atomic E-state index is 14.6. The number of cyclic esters (lactones) is 1. The minimum atomic E-state index is -1.41. The number of amides is 6. The van der Waals surface area contributed by atoms with Crippen LogP contribution >= 0.6 is 0 Å². The molecular weight excluding hydrogens is 708 g/mol. The molecule has 0 radical (unpaired) electrons. The Morgan fingerprint density at radius 3 is 2.07 bits per heavy atom. The number of ether oxygens (including phenoxy) is 1. The van der Waals surface area contributed by atoms with E-state index in [0.717, 1.165) is 10.5 Å². The lowest BCUT2D eigenvalue weighted by Crippen LogP contribution is -2.65. The van der Waals surface area contributed by atoms with Gasteiger partial charge in [-0.25, -0.2) is 4.79 Å². The number of esters is 1. The second kappa shape index (κ2) is 20.4. The second-order valence-corrected chi connectivity index (χ2v) is 16.0. The first kappa shape index (κ1) is 44.9. The molecule has 2 saturated heterocycles. The Morgan fingerprint density at radius 2 is 1.49 bits per heavy atom. The third-order valence-electron chi connectivity index (χ3n) is 10.0. The number of aliphatic hydroxyl groups excluding tert-OH is 1. The van der Waals surface area contributed by atoms with Gasteiger partial charge < -0.3 is 40.9 Å². The molecule has 2 heterocycles. The molecule has 15 nitrogen and oxygen atoms in total. The van der Waals surface area contributed by atoms with Gasteiger partial charge >= 0.3 is 5.97 Å². The van der Waals surface area contributed by atoms with E-state index in [0.29, 0.717) is 6.42 Å². The SMILES string of the molecule is CCCC(=O)N[C@@H]1C(=O)N[C@@H](CC(C)C)C(=O)N[C@H]2CC[C@@H](O)N(C2=O)[C@@H](CC(C)C)C(=O)N(C)[C@@H](Cc2ccccc2)C(=O)NC(C(C)C)C(=O)O[C@@H]1C. The number of benzene rings is 1. The van der Waals surface area contributed by atoms with Gasteiger partial charge in [0.05, 0.1) is 0 Å². The summed E-state index contributed by atoms with van der Waals surface area (Å²) >= 11 is 0. The van der Waals surface area contributed by atoms with E-state index in [2.05, 4.69) is 21.3 Å². The van der Waals surface area contributed by atoms with Crippen molar-refractivity contribution in [1.29, 1.82) is 0 Å². The predicted octanol–water partition coefficient (Wildman–Crippen LogP) is 1.80. The molecule has 15 heteroatoms. The van der Waals surface area contributed by atoms with Gasteiger partial charge in [0.25, 0.3) is 0 Å². The lowest BCUT2D eigenvalue weighted by Gasteiger charge is -2.43. The number of aliphatic hydroxyl groups is 1. The van der Waals surface area contributed by atoms with Gasteiger partial charge in [0.15, 0.2) is 0 Å². The molecule has 0 saturated carbocycles. The lowest BCUT2D eigenvalue weighted by atomic mass is 9.94. The average Bonchev–Trinajstić information content (AvgIpc) is 3.11. The van der Waals surface area contributed by atoms with Gasteiger partial charge in [-0.05, 0) is 62.3 Å². The Bertz CT molecular complexity index is 1520. The van der Waals surface area contributed by atoms with Gasteiger partial charge in [-0.1, -0.05) is 78.8 Å². The van der Waals surface area contributed by atoms with Crippen molar-refractivity contribution in [3.63, 3.8) is 0 Å². The van der Waals surface area contributed by atoms with Crippen LogP contribution in [0.5, 0.6) is 0 Å². The van der Waals surface area contributed by atoms with Crippen LogP contribution in [-0.2, 0) is 44.7 Å². The molecule has 2 fully saturated rings. The first-order chi connectivity index (χ1) is 25.9. The van der Waals surface area contributed by atoms with Crippen molar-refractivity contribution in [2.24, 2.45) is 17.8 Å². The van der Waals surface area contributed by atoms with E-state index in [1.165, 1.54) is 18.9 Å². The molecule has 8 atom stereocenters. The van der Waals surface area contributed by atoms with E-state index in [1.54, 1.807) is 45.0 Å². The van der Waals surface area contributed by atoms with Crippen molar-refractivity contribution in [3.05, 3.63) is 35.9 Å². The van der Waals surface area contributed by atoms with E-state index >= 15 is 0 Å². The van der Waals surface area contributed by atoms with Gasteiger partial charge in [0.1, 0.15) is 48.6 Å². The summed E-state index contributed by atoms with van der Waals surface area (Å²) in [5.41, 5.74) is 0.725. The van der Waals surface area contributed by atoms with Crippen molar-refractivity contribution in [3.8, 4) is 0 Å². The normalized spacial score (nSPS) is 27.9. The fourth-order valence-corrected chi connectivity index (χ4v) is 6.99. The number of rotatable bonds is 10. The van der Waals surface area contributed by atoms with Gasteiger partial charge in [-0.3, -0.25) is 28.8 Å². The van der Waals surface area contributed by atoms with Crippen LogP contribution in [0.2, 0.25) is 0 Å². The molecule has 0 spiro atoms. The zero-order chi connectivity index (χ0) is 41.1. The lowest BCUT2D eigenvalue weighted by molar-refractivity contribution is -0.166. The number of carbonyl (C=O) groups is 7. The standard InChI is InChI=1S/C40H62N6O9/c1-10-14-31(47)43-34-25(8)55-40(54)33(24(6)7)44-36(50)29(21-26-15-12-11-13-16-26)45(9)39(53)30(20-23(4)5)46-32(48)18-17-27(38(46)52)41-35(49)28(19-22(2)3)42-37(34)51/h11-13,15-16,22-25,27-30,32-34,48H,10,14,17-21H2,1-9H3,(H,41,49)(H,42,51)(H,43,47)(H,44,50)/t25-,27+,28+,29+,30+,32-,33?,34+/m1/s1. The molecule has 2 aliphatic heterocycles. The van der Waals surface area contributed by atoms with Crippen LogP contribution in [0, 0.1) is 17.8 Å². The summed E-state index contributed by atoms with van der Waals surface area (Å²) in [5, 5.41) is 22.2. The zero-order valence-corrected chi connectivity index (χ0v) is 33.8. The summed E-state index contributed by atoms with van der Waals surface area (Å²) in [6.45, 7) is 14.1. The van der Waals surface area contributed by atoms with Crippen molar-refractivity contribution in [1.82, 2.24) is 31.1 Å². The molecule has 3 rings (SSSR count). The smallest absolute Gasteiger partial charge is 0.329 e. The summed E-state index contributed by atoms with van der Waals surface area (Å²) in [7, 11) is 1.45. The average molecular weight is 771 g/mol. The fraction of sp³-hybridized carbons (Fsp3) is 0.675. The minimum absolute atomic E-state index is 0.0516. The topological polar surface area (TPSA) is 204 Å². The Labute approximate surface area is 325 Å². The predicted molar refractivity (Wildman–Crippen MR) is 205 cm³/mol. The molecule has 1 unspecified atom stereocenters. The maximum Gasteiger partial charge on any atom is 0.329 e. The van der Waals surface area contributed by atoms with Crippen LogP contribution < -0.4 is 21.3 Å². The van der Waals surface area contributed by atoms with E-state index < -0.39 is 95.9 Å². The van der Waals surface area contributed by atoms with Crippen LogP contribution in [-0.4, -0.2) is 112 Å². The molecule has 306 valence electrons. The summed E-state index contributed by atoms with van der Waals surface area (Å²) in [6, 6.07) is 1.71. The highest BCUT2D eigenvalue weighted by molar-refractivity contribution is 5.97. The van der Waals surface area contributed by atoms with Crippen molar-refractivity contribution in [2.75, 3.05) is 7.05 Å². The Balaban J connectivity index is 2.20. The maximum absolute atomic E-state index is 14.6. The Morgan fingerprint density at radius 1 is 0.855 bits per heavy atom. The highest BCUT2D eigenvalue weighted by Gasteiger charge is 2.45. The first-order valence-corrected chi connectivity index (χ1v) is 19.6. The Hall–Kier alpha value is -4.53. The molecule has 1 aromatic carbocycles. The third-order valence-corrected chi connectivity index (χ3v) is 10.0. The summed E-state index contributed by atoms with van der Waals surface area (Å²) in [6.07, 6.45) is -1.54. The van der Waals surface area contributed by atoms with Crippen LogP contribution in [0.25, 0.3) is 0 Å². The molecule has 0 aliphatic carbocycles. The van der Waals surface area contributed by atoms with Crippen molar-refractivity contribution < 1.29 is 43.4 Å². The third kappa shape index (κ3) is 12.2. The van der Waals surface area contributed by atoms with E-state index in [4.69, 9.17) is 4.74 Å². The highest BCUT2D eigenvalue weighted by Crippen LogP contribution is 2.26. The molecule has 2 bridgehead atoms. The van der Waals surface area contributed by atoms with E-state index in [-0.39, 0.29) is 50.4 Å². The monoisotopic (exact) mass is 770 g/mol. The van der Waals surface area contributed by atoms with Gasteiger partial charge in [-0.2, -0.15) is 0 Å². The molecule has 2 aliphatic rings. The van der Waals surface area contributed by atoms with Crippen LogP contribution in [0.3, 0.4) is 0 Å². The molecular formula is C40H62N6O9. The number of hydrogen-bond acceptors (Lipinski definition) is 9. The number of nitrogens with zero attached hydrogens (tertiary/aromatic N) is 2. The largest absolute Gasteiger partial charge is 0.458 e. The molecule has 55 heavy (non-hydrogen) atoms. The summed E-state index contributed by atoms with van der Waals surface area (Å²) in [4.78, 5) is 100. The number of fused-ring (bicyclic) bond motifs is 2. The summed E-state index contributed by atoms with van der Waals surface area (Å²) < 4.78 is 5.80. The quantitative estimate of drug-likeness (QED) is 0.220. The summed E-state index contributed by atoms with van der Waals surface area (Å²) in [5.74, 6) is -5.46. The van der Waals surface area contributed by atoms with Gasteiger partial charge in [-0.15, -0.1) is 0 Å². The minimum Gasteiger partial charge on any atom is -0.458 e. The van der Waals surface area contributed by atoms with Gasteiger partial charge in [0.2, 0.25) is 35.4 Å². The number of carbonyl (C=O) groups excluding carboxylic acids is 7. The van der Waals surface area contributed by atoms with Gasteiger partial charge in [0, 0.05) is 19.9 Å². The van der Waals surface area contributed by atoms with Crippen LogP contribution in [0.1, 0.15) is 99.5 Å². The Kier molecular flexibility index (Phi) is 16.6. The number of piperidine rings is 1. The first-order valence-electron chi connectivity index (χ1n) is 19.6. The second-order valence-electron chi connectivity index (χ2n) is 16.0.